The summed E-state index contributed by atoms with van der Waals surface area (Å²) in [5.41, 5.74) is 0.974. The van der Waals surface area contributed by atoms with E-state index in [1.165, 1.54) is 0 Å². The third-order valence-electron chi connectivity index (χ3n) is 3.27. The number of hydrogen-bond acceptors (Lipinski definition) is 5. The minimum Gasteiger partial charge on any atom is -0.497 e. The first-order valence-electron chi connectivity index (χ1n) is 7.22. The van der Waals surface area contributed by atoms with E-state index < -0.39 is 0 Å². The highest BCUT2D eigenvalue weighted by molar-refractivity contribution is 6.35. The molecular formula is C16H21ClN4O. The molecule has 1 N–H and O–H groups in total. The average Bonchev–Trinajstić information content (AvgIpc) is 2.54. The zero-order valence-electron chi connectivity index (χ0n) is 13.4. The Kier molecular flexibility index (Phi) is 5.44. The van der Waals surface area contributed by atoms with E-state index in [0.717, 1.165) is 24.4 Å². The molecule has 1 heterocycles. The van der Waals surface area contributed by atoms with E-state index in [9.17, 15) is 0 Å². The number of benzene rings is 1. The van der Waals surface area contributed by atoms with Crippen LogP contribution < -0.4 is 15.0 Å². The number of aromatic nitrogens is 2. The first kappa shape index (κ1) is 16.4. The third kappa shape index (κ3) is 3.60. The lowest BCUT2D eigenvalue weighted by Gasteiger charge is -2.21. The second-order valence-corrected chi connectivity index (χ2v) is 5.32. The van der Waals surface area contributed by atoms with Gasteiger partial charge >= 0.3 is 0 Å². The Labute approximate surface area is 136 Å². The standard InChI is InChI=1S/C16H21ClN4O/c1-5-10-18-15-14(17)16(20-11(2)19-15)21(3)12-6-8-13(22-4)9-7-12/h6-9H,5,10H2,1-4H3,(H,18,19,20). The van der Waals surface area contributed by atoms with Gasteiger partial charge in [-0.25, -0.2) is 9.97 Å². The van der Waals surface area contributed by atoms with Crippen LogP contribution in [0.4, 0.5) is 17.3 Å². The first-order valence-corrected chi connectivity index (χ1v) is 7.60. The van der Waals surface area contributed by atoms with Crippen LogP contribution in [0.15, 0.2) is 24.3 Å². The van der Waals surface area contributed by atoms with Gasteiger partial charge in [-0.2, -0.15) is 0 Å². The maximum absolute atomic E-state index is 6.47. The number of hydrogen-bond donors (Lipinski definition) is 1. The minimum atomic E-state index is 0.525. The molecule has 0 unspecified atom stereocenters. The summed E-state index contributed by atoms with van der Waals surface area (Å²) >= 11 is 6.47. The molecule has 0 saturated heterocycles. The van der Waals surface area contributed by atoms with Crippen molar-refractivity contribution < 1.29 is 4.74 Å². The largest absolute Gasteiger partial charge is 0.497 e. The van der Waals surface area contributed by atoms with Crippen molar-refractivity contribution in [1.29, 1.82) is 0 Å². The lowest BCUT2D eigenvalue weighted by atomic mass is 10.2. The van der Waals surface area contributed by atoms with E-state index in [-0.39, 0.29) is 0 Å². The zero-order chi connectivity index (χ0) is 16.1. The van der Waals surface area contributed by atoms with Crippen molar-refractivity contribution in [3.05, 3.63) is 35.1 Å². The summed E-state index contributed by atoms with van der Waals surface area (Å²) in [6.45, 7) is 4.78. The molecule has 0 radical (unpaired) electrons. The Hall–Kier alpha value is -2.01. The van der Waals surface area contributed by atoms with Crippen molar-refractivity contribution in [3.8, 4) is 5.75 Å². The zero-order valence-corrected chi connectivity index (χ0v) is 14.1. The summed E-state index contributed by atoms with van der Waals surface area (Å²) in [4.78, 5) is 10.8. The predicted molar refractivity (Wildman–Crippen MR) is 91.6 cm³/mol. The molecule has 1 aromatic carbocycles. The fraction of sp³-hybridized carbons (Fsp3) is 0.375. The van der Waals surface area contributed by atoms with Crippen LogP contribution in [-0.4, -0.2) is 30.7 Å². The number of halogens is 1. The van der Waals surface area contributed by atoms with Crippen LogP contribution in [-0.2, 0) is 0 Å². The molecule has 0 aliphatic carbocycles. The second kappa shape index (κ2) is 7.31. The Balaban J connectivity index is 2.35. The molecule has 5 nitrogen and oxygen atoms in total. The number of aryl methyl sites for hydroxylation is 1. The molecule has 22 heavy (non-hydrogen) atoms. The smallest absolute Gasteiger partial charge is 0.157 e. The van der Waals surface area contributed by atoms with Gasteiger partial charge in [0.15, 0.2) is 11.6 Å². The molecule has 1 aromatic heterocycles. The highest BCUT2D eigenvalue weighted by Gasteiger charge is 2.16. The van der Waals surface area contributed by atoms with Crippen molar-refractivity contribution in [1.82, 2.24) is 9.97 Å². The van der Waals surface area contributed by atoms with Gasteiger partial charge in [0.1, 0.15) is 16.6 Å². The molecular weight excluding hydrogens is 300 g/mol. The van der Waals surface area contributed by atoms with Crippen LogP contribution in [0.1, 0.15) is 19.2 Å². The van der Waals surface area contributed by atoms with E-state index in [1.807, 2.05) is 43.1 Å². The van der Waals surface area contributed by atoms with Gasteiger partial charge in [-0.15, -0.1) is 0 Å². The van der Waals surface area contributed by atoms with Crippen molar-refractivity contribution in [2.24, 2.45) is 0 Å². The Morgan fingerprint density at radius 1 is 1.23 bits per heavy atom. The predicted octanol–water partition coefficient (Wildman–Crippen LogP) is 4.04. The molecule has 0 atom stereocenters. The Bertz CT molecular complexity index is 631. The van der Waals surface area contributed by atoms with Crippen LogP contribution in [0, 0.1) is 6.92 Å². The third-order valence-corrected chi connectivity index (χ3v) is 3.61. The fourth-order valence-electron chi connectivity index (χ4n) is 2.06. The highest BCUT2D eigenvalue weighted by Crippen LogP contribution is 2.33. The molecule has 118 valence electrons. The summed E-state index contributed by atoms with van der Waals surface area (Å²) in [7, 11) is 3.58. The van der Waals surface area contributed by atoms with E-state index >= 15 is 0 Å². The summed E-state index contributed by atoms with van der Waals surface area (Å²) in [5, 5.41) is 3.76. The monoisotopic (exact) mass is 320 g/mol. The molecule has 0 aliphatic heterocycles. The summed E-state index contributed by atoms with van der Waals surface area (Å²) in [6.07, 6.45) is 1.00. The number of nitrogens with one attached hydrogen (secondary N) is 1. The molecule has 0 bridgehead atoms. The minimum absolute atomic E-state index is 0.525. The normalized spacial score (nSPS) is 10.4. The maximum Gasteiger partial charge on any atom is 0.157 e. The Morgan fingerprint density at radius 2 is 1.91 bits per heavy atom. The number of nitrogens with zero attached hydrogens (tertiary/aromatic N) is 3. The van der Waals surface area contributed by atoms with E-state index in [0.29, 0.717) is 22.5 Å². The molecule has 6 heteroatoms. The van der Waals surface area contributed by atoms with Crippen LogP contribution in [0.2, 0.25) is 5.02 Å². The number of methoxy groups -OCH3 is 1. The maximum atomic E-state index is 6.47. The SMILES string of the molecule is CCCNc1nc(C)nc(N(C)c2ccc(OC)cc2)c1Cl. The van der Waals surface area contributed by atoms with E-state index in [4.69, 9.17) is 16.3 Å². The molecule has 0 fully saturated rings. The van der Waals surface area contributed by atoms with Gasteiger partial charge in [-0.3, -0.25) is 0 Å². The quantitative estimate of drug-likeness (QED) is 0.870. The fourth-order valence-corrected chi connectivity index (χ4v) is 2.33. The van der Waals surface area contributed by atoms with Crippen molar-refractivity contribution in [2.45, 2.75) is 20.3 Å². The summed E-state index contributed by atoms with van der Waals surface area (Å²) < 4.78 is 5.18. The molecule has 0 aliphatic rings. The van der Waals surface area contributed by atoms with Gasteiger partial charge < -0.3 is 15.0 Å². The summed E-state index contributed by atoms with van der Waals surface area (Å²) in [5.74, 6) is 2.84. The number of anilines is 3. The lowest BCUT2D eigenvalue weighted by molar-refractivity contribution is 0.415. The molecule has 0 spiro atoms. The number of ether oxygens (including phenoxy) is 1. The topological polar surface area (TPSA) is 50.3 Å². The van der Waals surface area contributed by atoms with Crippen LogP contribution in [0.5, 0.6) is 5.75 Å². The van der Waals surface area contributed by atoms with Crippen LogP contribution >= 0.6 is 11.6 Å². The highest BCUT2D eigenvalue weighted by atomic mass is 35.5. The second-order valence-electron chi connectivity index (χ2n) is 4.94. The van der Waals surface area contributed by atoms with Crippen LogP contribution in [0.25, 0.3) is 0 Å². The van der Waals surface area contributed by atoms with Gasteiger partial charge in [-0.1, -0.05) is 18.5 Å². The molecule has 2 rings (SSSR count). The Morgan fingerprint density at radius 3 is 2.50 bits per heavy atom. The summed E-state index contributed by atoms with van der Waals surface area (Å²) in [6, 6.07) is 7.74. The molecule has 2 aromatic rings. The van der Waals surface area contributed by atoms with Gasteiger partial charge in [0.05, 0.1) is 7.11 Å². The number of rotatable bonds is 6. The van der Waals surface area contributed by atoms with Crippen molar-refractivity contribution >= 4 is 28.9 Å². The van der Waals surface area contributed by atoms with Crippen molar-refractivity contribution in [3.63, 3.8) is 0 Å². The average molecular weight is 321 g/mol. The van der Waals surface area contributed by atoms with E-state index in [2.05, 4.69) is 22.2 Å². The van der Waals surface area contributed by atoms with E-state index in [1.54, 1.807) is 7.11 Å². The van der Waals surface area contributed by atoms with Gasteiger partial charge in [0, 0.05) is 19.3 Å². The van der Waals surface area contributed by atoms with Crippen molar-refractivity contribution in [2.75, 3.05) is 30.9 Å². The molecule has 0 saturated carbocycles. The van der Waals surface area contributed by atoms with Crippen LogP contribution in [0.3, 0.4) is 0 Å². The lowest BCUT2D eigenvalue weighted by Crippen LogP contribution is -2.15. The van der Waals surface area contributed by atoms with Gasteiger partial charge in [0.25, 0.3) is 0 Å². The first-order chi connectivity index (χ1) is 10.6. The molecule has 0 amide bonds. The van der Waals surface area contributed by atoms with Gasteiger partial charge in [0.2, 0.25) is 0 Å². The van der Waals surface area contributed by atoms with Gasteiger partial charge in [-0.05, 0) is 37.6 Å².